The minimum atomic E-state index is -4.51. The van der Waals surface area contributed by atoms with E-state index in [-0.39, 0.29) is 22.8 Å². The number of sulfonamides is 1. The lowest BCUT2D eigenvalue weighted by Gasteiger charge is -2.25. The number of halogens is 3. The van der Waals surface area contributed by atoms with E-state index in [9.17, 15) is 26.4 Å². The predicted molar refractivity (Wildman–Crippen MR) is 112 cm³/mol. The van der Waals surface area contributed by atoms with Crippen molar-refractivity contribution in [1.29, 1.82) is 0 Å². The molecule has 1 aliphatic carbocycles. The molecular weight excluding hydrogens is 429 g/mol. The summed E-state index contributed by atoms with van der Waals surface area (Å²) in [5, 5.41) is 2.98. The number of carbonyl (C=O) groups excluding carboxylic acids is 1. The van der Waals surface area contributed by atoms with Crippen LogP contribution in [0.4, 0.5) is 13.2 Å². The molecular formula is C22H31F3N2O3S. The number of amides is 1. The molecule has 2 fully saturated rings. The fourth-order valence-corrected chi connectivity index (χ4v) is 6.31. The van der Waals surface area contributed by atoms with Crippen molar-refractivity contribution in [2.45, 2.75) is 81.3 Å². The SMILES string of the molecule is O=C(NCCC1CCCN1S(=O)(=O)c1ccc(C(F)(F)F)cc1)C1CCCCCCC1. The van der Waals surface area contributed by atoms with E-state index in [1.54, 1.807) is 0 Å². The lowest BCUT2D eigenvalue weighted by molar-refractivity contribution is -0.137. The van der Waals surface area contributed by atoms with Gasteiger partial charge in [-0.2, -0.15) is 17.5 Å². The summed E-state index contributed by atoms with van der Waals surface area (Å²) in [6.07, 6.45) is 4.89. The Morgan fingerprint density at radius 2 is 1.58 bits per heavy atom. The largest absolute Gasteiger partial charge is 0.416 e. The van der Waals surface area contributed by atoms with Crippen LogP contribution < -0.4 is 5.32 Å². The molecule has 0 aromatic heterocycles. The average molecular weight is 461 g/mol. The van der Waals surface area contributed by atoms with Crippen LogP contribution >= 0.6 is 0 Å². The molecule has 0 bridgehead atoms. The Morgan fingerprint density at radius 1 is 0.968 bits per heavy atom. The van der Waals surface area contributed by atoms with Gasteiger partial charge in [0.1, 0.15) is 0 Å². The Morgan fingerprint density at radius 3 is 2.19 bits per heavy atom. The Kier molecular flexibility index (Phi) is 8.02. The third-order valence-corrected chi connectivity index (χ3v) is 8.33. The van der Waals surface area contributed by atoms with Crippen LogP contribution in [0.1, 0.15) is 69.8 Å². The van der Waals surface area contributed by atoms with Crippen LogP contribution in [0.2, 0.25) is 0 Å². The molecule has 0 radical (unpaired) electrons. The van der Waals surface area contributed by atoms with Crippen molar-refractivity contribution in [3.05, 3.63) is 29.8 Å². The van der Waals surface area contributed by atoms with Crippen LogP contribution in [0.15, 0.2) is 29.2 Å². The fraction of sp³-hybridized carbons (Fsp3) is 0.682. The van der Waals surface area contributed by atoms with Gasteiger partial charge in [0.25, 0.3) is 0 Å². The Labute approximate surface area is 182 Å². The summed E-state index contributed by atoms with van der Waals surface area (Å²) in [5.74, 6) is 0.0907. The number of rotatable bonds is 6. The van der Waals surface area contributed by atoms with E-state index in [0.717, 1.165) is 49.9 Å². The number of nitrogens with one attached hydrogen (secondary N) is 1. The molecule has 31 heavy (non-hydrogen) atoms. The standard InChI is InChI=1S/C22H31F3N2O3S/c23-22(24,25)18-10-12-20(13-11-18)31(29,30)27-16-6-9-19(27)14-15-26-21(28)17-7-4-2-1-3-5-8-17/h10-13,17,19H,1-9,14-16H2,(H,26,28). The number of hydrogen-bond donors (Lipinski definition) is 1. The summed E-state index contributed by atoms with van der Waals surface area (Å²) < 4.78 is 65.6. The predicted octanol–water partition coefficient (Wildman–Crippen LogP) is 4.73. The third-order valence-electron chi connectivity index (χ3n) is 6.36. The van der Waals surface area contributed by atoms with Gasteiger partial charge in [-0.05, 0) is 56.4 Å². The van der Waals surface area contributed by atoms with Gasteiger partial charge in [-0.15, -0.1) is 0 Å². The van der Waals surface area contributed by atoms with Crippen molar-refractivity contribution in [1.82, 2.24) is 9.62 Å². The second kappa shape index (κ2) is 10.3. The van der Waals surface area contributed by atoms with Gasteiger partial charge >= 0.3 is 6.18 Å². The lowest BCUT2D eigenvalue weighted by Crippen LogP contribution is -2.39. The molecule has 1 N–H and O–H groups in total. The summed E-state index contributed by atoms with van der Waals surface area (Å²) in [5.41, 5.74) is -0.874. The normalized spacial score (nSPS) is 22.1. The van der Waals surface area contributed by atoms with Crippen LogP contribution in [0, 0.1) is 5.92 Å². The summed E-state index contributed by atoms with van der Waals surface area (Å²) >= 11 is 0. The zero-order chi connectivity index (χ0) is 22.5. The molecule has 1 saturated heterocycles. The zero-order valence-electron chi connectivity index (χ0n) is 17.7. The van der Waals surface area contributed by atoms with Gasteiger partial charge in [0.05, 0.1) is 10.5 Å². The van der Waals surface area contributed by atoms with Gasteiger partial charge in [0, 0.05) is 25.0 Å². The van der Waals surface area contributed by atoms with Crippen LogP contribution in [0.3, 0.4) is 0 Å². The van der Waals surface area contributed by atoms with Crippen molar-refractivity contribution in [2.75, 3.05) is 13.1 Å². The van der Waals surface area contributed by atoms with Gasteiger partial charge in [-0.3, -0.25) is 4.79 Å². The zero-order valence-corrected chi connectivity index (χ0v) is 18.5. The summed E-state index contributed by atoms with van der Waals surface area (Å²) in [6.45, 7) is 0.740. The second-order valence-corrected chi connectivity index (χ2v) is 10.4. The molecule has 1 aromatic carbocycles. The second-order valence-electron chi connectivity index (χ2n) is 8.56. The number of nitrogens with zero attached hydrogens (tertiary/aromatic N) is 1. The van der Waals surface area contributed by atoms with Gasteiger partial charge in [-0.25, -0.2) is 8.42 Å². The highest BCUT2D eigenvalue weighted by molar-refractivity contribution is 7.89. The molecule has 174 valence electrons. The van der Waals surface area contributed by atoms with Gasteiger partial charge in [0.15, 0.2) is 0 Å². The minimum Gasteiger partial charge on any atom is -0.356 e. The van der Waals surface area contributed by atoms with Gasteiger partial charge in [-0.1, -0.05) is 32.1 Å². The van der Waals surface area contributed by atoms with E-state index >= 15 is 0 Å². The molecule has 3 rings (SSSR count). The molecule has 1 saturated carbocycles. The van der Waals surface area contributed by atoms with Gasteiger partial charge < -0.3 is 5.32 Å². The first-order chi connectivity index (χ1) is 14.7. The molecule has 1 heterocycles. The number of carbonyl (C=O) groups is 1. The minimum absolute atomic E-state index is 0.0378. The first-order valence-corrected chi connectivity index (χ1v) is 12.6. The van der Waals surface area contributed by atoms with Crippen molar-refractivity contribution < 1.29 is 26.4 Å². The molecule has 1 aliphatic heterocycles. The highest BCUT2D eigenvalue weighted by Gasteiger charge is 2.36. The Bertz CT molecular complexity index is 833. The Hall–Kier alpha value is -1.61. The van der Waals surface area contributed by atoms with Crippen molar-refractivity contribution in [3.63, 3.8) is 0 Å². The van der Waals surface area contributed by atoms with E-state index in [4.69, 9.17) is 0 Å². The van der Waals surface area contributed by atoms with Crippen molar-refractivity contribution >= 4 is 15.9 Å². The average Bonchev–Trinajstić information content (AvgIpc) is 3.16. The highest BCUT2D eigenvalue weighted by Crippen LogP contribution is 2.32. The molecule has 1 amide bonds. The monoisotopic (exact) mass is 460 g/mol. The van der Waals surface area contributed by atoms with Crippen LogP contribution in [-0.2, 0) is 21.0 Å². The van der Waals surface area contributed by atoms with E-state index in [1.165, 1.54) is 23.6 Å². The number of hydrogen-bond acceptors (Lipinski definition) is 3. The summed E-state index contributed by atoms with van der Waals surface area (Å²) in [7, 11) is -3.88. The quantitative estimate of drug-likeness (QED) is 0.668. The van der Waals surface area contributed by atoms with E-state index in [1.807, 2.05) is 0 Å². The molecule has 1 atom stereocenters. The molecule has 0 spiro atoms. The van der Waals surface area contributed by atoms with E-state index < -0.39 is 21.8 Å². The Balaban J connectivity index is 1.57. The molecule has 1 unspecified atom stereocenters. The highest BCUT2D eigenvalue weighted by atomic mass is 32.2. The fourth-order valence-electron chi connectivity index (χ4n) is 4.59. The summed E-state index contributed by atoms with van der Waals surface area (Å²) in [4.78, 5) is 12.4. The maximum absolute atomic E-state index is 13.0. The van der Waals surface area contributed by atoms with Gasteiger partial charge in [0.2, 0.25) is 15.9 Å². The first-order valence-electron chi connectivity index (χ1n) is 11.2. The lowest BCUT2D eigenvalue weighted by atomic mass is 9.90. The third kappa shape index (κ3) is 6.22. The molecule has 1 aromatic rings. The van der Waals surface area contributed by atoms with E-state index in [2.05, 4.69) is 5.32 Å². The maximum atomic E-state index is 13.0. The maximum Gasteiger partial charge on any atom is 0.416 e. The van der Waals surface area contributed by atoms with Crippen molar-refractivity contribution in [3.8, 4) is 0 Å². The van der Waals surface area contributed by atoms with Crippen LogP contribution in [-0.4, -0.2) is 37.8 Å². The topological polar surface area (TPSA) is 66.5 Å². The van der Waals surface area contributed by atoms with Crippen molar-refractivity contribution in [2.24, 2.45) is 5.92 Å². The smallest absolute Gasteiger partial charge is 0.356 e. The molecule has 9 heteroatoms. The van der Waals surface area contributed by atoms with Crippen LogP contribution in [0.5, 0.6) is 0 Å². The molecule has 2 aliphatic rings. The van der Waals surface area contributed by atoms with E-state index in [0.29, 0.717) is 32.4 Å². The van der Waals surface area contributed by atoms with Crippen LogP contribution in [0.25, 0.3) is 0 Å². The number of alkyl halides is 3. The number of benzene rings is 1. The summed E-state index contributed by atoms with van der Waals surface area (Å²) in [6, 6.07) is 3.37. The molecule has 5 nitrogen and oxygen atoms in total. The first kappa shape index (κ1) is 24.0.